The summed E-state index contributed by atoms with van der Waals surface area (Å²) in [5.41, 5.74) is 3.09. The van der Waals surface area contributed by atoms with Crippen LogP contribution in [0.2, 0.25) is 0 Å². The van der Waals surface area contributed by atoms with Crippen molar-refractivity contribution in [2.75, 3.05) is 13.1 Å². The lowest BCUT2D eigenvalue weighted by molar-refractivity contribution is 0.207. The number of nitrogens with zero attached hydrogens (tertiary/aromatic N) is 1. The van der Waals surface area contributed by atoms with Crippen LogP contribution in [0.5, 0.6) is 5.75 Å². The summed E-state index contributed by atoms with van der Waals surface area (Å²) in [6.07, 6.45) is 5.38. The summed E-state index contributed by atoms with van der Waals surface area (Å²) >= 11 is 0. The van der Waals surface area contributed by atoms with Gasteiger partial charge in [0.1, 0.15) is 17.6 Å². The van der Waals surface area contributed by atoms with Crippen molar-refractivity contribution in [3.8, 4) is 16.9 Å². The first-order valence-electron chi connectivity index (χ1n) is 10.2. The zero-order valence-corrected chi connectivity index (χ0v) is 16.6. The molecule has 4 rings (SSSR count). The lowest BCUT2D eigenvalue weighted by Gasteiger charge is -2.27. The Labute approximate surface area is 165 Å². The van der Waals surface area contributed by atoms with E-state index in [-0.39, 0.29) is 11.5 Å². The maximum atomic E-state index is 13.2. The van der Waals surface area contributed by atoms with Crippen molar-refractivity contribution < 1.29 is 9.15 Å². The summed E-state index contributed by atoms with van der Waals surface area (Å²) < 4.78 is 12.1. The highest BCUT2D eigenvalue weighted by Crippen LogP contribution is 2.31. The molecule has 4 nitrogen and oxygen atoms in total. The van der Waals surface area contributed by atoms with Gasteiger partial charge in [0.2, 0.25) is 5.43 Å². The molecule has 2 aromatic carbocycles. The first-order valence-corrected chi connectivity index (χ1v) is 10.2. The summed E-state index contributed by atoms with van der Waals surface area (Å²) in [4.78, 5) is 15.6. The normalized spacial score (nSPS) is 15.2. The molecule has 0 bridgehead atoms. The van der Waals surface area contributed by atoms with Gasteiger partial charge in [0.05, 0.1) is 22.6 Å². The van der Waals surface area contributed by atoms with E-state index in [1.807, 2.05) is 56.3 Å². The second kappa shape index (κ2) is 8.19. The Morgan fingerprint density at radius 2 is 1.79 bits per heavy atom. The number of rotatable bonds is 5. The number of ether oxygens (including phenoxy) is 1. The highest BCUT2D eigenvalue weighted by atomic mass is 16.5. The molecule has 0 aliphatic carbocycles. The Bertz CT molecular complexity index is 1000. The molecular weight excluding hydrogens is 350 g/mol. The zero-order chi connectivity index (χ0) is 19.5. The van der Waals surface area contributed by atoms with E-state index in [4.69, 9.17) is 9.15 Å². The van der Waals surface area contributed by atoms with Crippen LogP contribution in [-0.2, 0) is 6.54 Å². The highest BCUT2D eigenvalue weighted by Gasteiger charge is 2.20. The number of hydrogen-bond acceptors (Lipinski definition) is 4. The Balaban J connectivity index is 1.83. The number of hydrogen-bond donors (Lipinski definition) is 0. The predicted molar refractivity (Wildman–Crippen MR) is 113 cm³/mol. The Morgan fingerprint density at radius 1 is 1.04 bits per heavy atom. The third-order valence-corrected chi connectivity index (χ3v) is 5.28. The van der Waals surface area contributed by atoms with Crippen LogP contribution in [0.4, 0.5) is 0 Å². The average Bonchev–Trinajstić information content (AvgIpc) is 2.71. The zero-order valence-electron chi connectivity index (χ0n) is 16.6. The SMILES string of the molecule is CC(C)Oc1ccc2c(=O)c(-c3ccccc3)coc2c1CN1CCCCC1. The summed E-state index contributed by atoms with van der Waals surface area (Å²) in [7, 11) is 0. The molecule has 0 N–H and O–H groups in total. The van der Waals surface area contributed by atoms with Gasteiger partial charge < -0.3 is 9.15 Å². The van der Waals surface area contributed by atoms with Crippen molar-refractivity contribution in [2.24, 2.45) is 0 Å². The van der Waals surface area contributed by atoms with Gasteiger partial charge in [0.15, 0.2) is 0 Å². The predicted octanol–water partition coefficient (Wildman–Crippen LogP) is 5.23. The van der Waals surface area contributed by atoms with Crippen molar-refractivity contribution in [1.29, 1.82) is 0 Å². The molecule has 0 amide bonds. The minimum absolute atomic E-state index is 0.00319. The standard InChI is InChI=1S/C24H27NO3/c1-17(2)28-22-12-11-19-23(26)21(18-9-5-3-6-10-18)16-27-24(19)20(22)15-25-13-7-4-8-14-25/h3,5-6,9-12,16-17H,4,7-8,13-15H2,1-2H3. The van der Waals surface area contributed by atoms with Crippen molar-refractivity contribution in [3.63, 3.8) is 0 Å². The number of benzene rings is 2. The quantitative estimate of drug-likeness (QED) is 0.610. The maximum absolute atomic E-state index is 13.2. The van der Waals surface area contributed by atoms with Gasteiger partial charge >= 0.3 is 0 Å². The van der Waals surface area contributed by atoms with E-state index < -0.39 is 0 Å². The van der Waals surface area contributed by atoms with E-state index in [1.54, 1.807) is 6.26 Å². The van der Waals surface area contributed by atoms with Gasteiger partial charge in [0.25, 0.3) is 0 Å². The molecule has 0 saturated carbocycles. The first kappa shape index (κ1) is 18.8. The van der Waals surface area contributed by atoms with E-state index in [2.05, 4.69) is 4.90 Å². The van der Waals surface area contributed by atoms with Crippen LogP contribution >= 0.6 is 0 Å². The largest absolute Gasteiger partial charge is 0.491 e. The minimum atomic E-state index is 0.00319. The molecule has 28 heavy (non-hydrogen) atoms. The Hall–Kier alpha value is -2.59. The van der Waals surface area contributed by atoms with Crippen LogP contribution in [0.3, 0.4) is 0 Å². The van der Waals surface area contributed by atoms with E-state index in [9.17, 15) is 4.79 Å². The fraction of sp³-hybridized carbons (Fsp3) is 0.375. The van der Waals surface area contributed by atoms with E-state index in [0.717, 1.165) is 36.5 Å². The van der Waals surface area contributed by atoms with Crippen LogP contribution in [0.1, 0.15) is 38.7 Å². The summed E-state index contributed by atoms with van der Waals surface area (Å²) in [5.74, 6) is 0.809. The molecule has 1 fully saturated rings. The van der Waals surface area contributed by atoms with Crippen molar-refractivity contribution in [3.05, 3.63) is 64.5 Å². The van der Waals surface area contributed by atoms with Crippen LogP contribution in [0.25, 0.3) is 22.1 Å². The van der Waals surface area contributed by atoms with Crippen LogP contribution in [0, 0.1) is 0 Å². The lowest BCUT2D eigenvalue weighted by atomic mass is 10.0. The highest BCUT2D eigenvalue weighted by molar-refractivity contribution is 5.85. The molecule has 0 unspecified atom stereocenters. The molecule has 2 heterocycles. The number of fused-ring (bicyclic) bond motifs is 1. The molecule has 0 atom stereocenters. The van der Waals surface area contributed by atoms with Gasteiger partial charge in [-0.1, -0.05) is 36.8 Å². The van der Waals surface area contributed by atoms with Crippen molar-refractivity contribution in [1.82, 2.24) is 4.90 Å². The molecule has 1 saturated heterocycles. The van der Waals surface area contributed by atoms with Crippen LogP contribution in [0.15, 0.2) is 57.9 Å². The van der Waals surface area contributed by atoms with Crippen molar-refractivity contribution in [2.45, 2.75) is 45.8 Å². The molecular formula is C24H27NO3. The topological polar surface area (TPSA) is 42.7 Å². The van der Waals surface area contributed by atoms with E-state index in [1.165, 1.54) is 19.3 Å². The molecule has 0 spiro atoms. The molecule has 1 aromatic heterocycles. The molecule has 146 valence electrons. The van der Waals surface area contributed by atoms with Crippen LogP contribution in [-0.4, -0.2) is 24.1 Å². The summed E-state index contributed by atoms with van der Waals surface area (Å²) in [6, 6.07) is 13.4. The molecule has 3 aromatic rings. The second-order valence-electron chi connectivity index (χ2n) is 7.77. The molecule has 4 heteroatoms. The third kappa shape index (κ3) is 3.83. The van der Waals surface area contributed by atoms with Gasteiger partial charge in [-0.3, -0.25) is 9.69 Å². The minimum Gasteiger partial charge on any atom is -0.491 e. The Kier molecular flexibility index (Phi) is 5.49. The van der Waals surface area contributed by atoms with Gasteiger partial charge in [-0.15, -0.1) is 0 Å². The average molecular weight is 377 g/mol. The number of likely N-dealkylation sites (tertiary alicyclic amines) is 1. The Morgan fingerprint density at radius 3 is 2.50 bits per heavy atom. The molecule has 1 aliphatic rings. The van der Waals surface area contributed by atoms with Gasteiger partial charge in [-0.05, 0) is 57.5 Å². The summed E-state index contributed by atoms with van der Waals surface area (Å²) in [6.45, 7) is 6.92. The van der Waals surface area contributed by atoms with Crippen molar-refractivity contribution >= 4 is 11.0 Å². The third-order valence-electron chi connectivity index (χ3n) is 5.28. The van der Waals surface area contributed by atoms with Gasteiger partial charge in [-0.2, -0.15) is 0 Å². The van der Waals surface area contributed by atoms with E-state index in [0.29, 0.717) is 16.5 Å². The monoisotopic (exact) mass is 377 g/mol. The van der Waals surface area contributed by atoms with Gasteiger partial charge in [0, 0.05) is 6.54 Å². The smallest absolute Gasteiger partial charge is 0.200 e. The fourth-order valence-corrected chi connectivity index (χ4v) is 3.91. The first-order chi connectivity index (χ1) is 13.6. The molecule has 1 aliphatic heterocycles. The summed E-state index contributed by atoms with van der Waals surface area (Å²) in [5, 5.41) is 0.615. The fourth-order valence-electron chi connectivity index (χ4n) is 3.91. The maximum Gasteiger partial charge on any atom is 0.200 e. The van der Waals surface area contributed by atoms with Crippen LogP contribution < -0.4 is 10.2 Å². The number of piperidine rings is 1. The lowest BCUT2D eigenvalue weighted by Crippen LogP contribution is -2.29. The molecule has 0 radical (unpaired) electrons. The van der Waals surface area contributed by atoms with E-state index >= 15 is 0 Å². The van der Waals surface area contributed by atoms with Gasteiger partial charge in [-0.25, -0.2) is 0 Å². The second-order valence-corrected chi connectivity index (χ2v) is 7.77.